The monoisotopic (exact) mass is 331 g/mol. The van der Waals surface area contributed by atoms with Crippen LogP contribution in [0.25, 0.3) is 0 Å². The Hall–Kier alpha value is -1.27. The molecule has 1 saturated heterocycles. The van der Waals surface area contributed by atoms with Crippen LogP contribution in [0.4, 0.5) is 10.6 Å². The molecule has 0 aliphatic carbocycles. The van der Waals surface area contributed by atoms with Crippen molar-refractivity contribution in [2.45, 2.75) is 32.4 Å². The SMILES string of the molecule is CC(C)N(C)C(=O)NC1CCN(c2cc(Cl)nc(Cl)n2)C1. The summed E-state index contributed by atoms with van der Waals surface area (Å²) in [5, 5.41) is 3.47. The fourth-order valence-corrected chi connectivity index (χ4v) is 2.54. The molecule has 0 aromatic carbocycles. The average molecular weight is 332 g/mol. The Kier molecular flexibility index (Phi) is 5.11. The first kappa shape index (κ1) is 16.1. The first-order valence-electron chi connectivity index (χ1n) is 6.85. The van der Waals surface area contributed by atoms with Crippen molar-refractivity contribution in [2.75, 3.05) is 25.0 Å². The molecule has 2 amide bonds. The van der Waals surface area contributed by atoms with E-state index >= 15 is 0 Å². The molecule has 2 rings (SSSR count). The molecule has 1 atom stereocenters. The minimum absolute atomic E-state index is 0.0596. The molecule has 1 N–H and O–H groups in total. The third-order valence-electron chi connectivity index (χ3n) is 3.59. The van der Waals surface area contributed by atoms with Gasteiger partial charge in [0.15, 0.2) is 0 Å². The number of carbonyl (C=O) groups excluding carboxylic acids is 1. The lowest BCUT2D eigenvalue weighted by Crippen LogP contribution is -2.46. The second-order valence-electron chi connectivity index (χ2n) is 5.40. The van der Waals surface area contributed by atoms with E-state index < -0.39 is 0 Å². The molecule has 1 fully saturated rings. The maximum absolute atomic E-state index is 12.0. The van der Waals surface area contributed by atoms with Gasteiger partial charge in [-0.1, -0.05) is 11.6 Å². The Labute approximate surface area is 134 Å². The number of carbonyl (C=O) groups is 1. The van der Waals surface area contributed by atoms with Crippen LogP contribution in [0, 0.1) is 0 Å². The number of amides is 2. The number of halogens is 2. The van der Waals surface area contributed by atoms with Crippen molar-refractivity contribution in [3.05, 3.63) is 16.5 Å². The van der Waals surface area contributed by atoms with Gasteiger partial charge in [0.1, 0.15) is 11.0 Å². The number of hydrogen-bond donors (Lipinski definition) is 1. The zero-order valence-corrected chi connectivity index (χ0v) is 13.8. The zero-order valence-electron chi connectivity index (χ0n) is 12.3. The van der Waals surface area contributed by atoms with Gasteiger partial charge < -0.3 is 15.1 Å². The molecule has 1 unspecified atom stereocenters. The van der Waals surface area contributed by atoms with Crippen LogP contribution in [0.5, 0.6) is 0 Å². The van der Waals surface area contributed by atoms with E-state index in [0.29, 0.717) is 17.5 Å². The highest BCUT2D eigenvalue weighted by Crippen LogP contribution is 2.22. The van der Waals surface area contributed by atoms with E-state index in [0.717, 1.165) is 13.0 Å². The molecule has 6 nitrogen and oxygen atoms in total. The number of nitrogens with one attached hydrogen (secondary N) is 1. The smallest absolute Gasteiger partial charge is 0.317 e. The Morgan fingerprint density at radius 3 is 2.81 bits per heavy atom. The Balaban J connectivity index is 1.96. The summed E-state index contributed by atoms with van der Waals surface area (Å²) in [6.45, 7) is 5.43. The molecule has 1 aromatic heterocycles. The quantitative estimate of drug-likeness (QED) is 0.682. The molecular weight excluding hydrogens is 313 g/mol. The summed E-state index contributed by atoms with van der Waals surface area (Å²) in [4.78, 5) is 23.7. The number of rotatable bonds is 3. The maximum Gasteiger partial charge on any atom is 0.317 e. The standard InChI is InChI=1S/C13H19Cl2N5O/c1-8(2)19(3)13(21)16-9-4-5-20(7-9)11-6-10(14)17-12(15)18-11/h6,8-9H,4-5,7H2,1-3H3,(H,16,21). The minimum Gasteiger partial charge on any atom is -0.354 e. The largest absolute Gasteiger partial charge is 0.354 e. The lowest BCUT2D eigenvalue weighted by atomic mass is 10.2. The van der Waals surface area contributed by atoms with Crippen molar-refractivity contribution in [2.24, 2.45) is 0 Å². The Morgan fingerprint density at radius 1 is 1.48 bits per heavy atom. The van der Waals surface area contributed by atoms with Gasteiger partial charge in [-0.3, -0.25) is 0 Å². The molecule has 0 radical (unpaired) electrons. The summed E-state index contributed by atoms with van der Waals surface area (Å²) in [6, 6.07) is 1.88. The molecule has 21 heavy (non-hydrogen) atoms. The fourth-order valence-electron chi connectivity index (χ4n) is 2.14. The highest BCUT2D eigenvalue weighted by atomic mass is 35.5. The molecule has 1 aromatic rings. The lowest BCUT2D eigenvalue weighted by Gasteiger charge is -2.24. The van der Waals surface area contributed by atoms with Crippen molar-refractivity contribution in [1.29, 1.82) is 0 Å². The van der Waals surface area contributed by atoms with Crippen molar-refractivity contribution < 1.29 is 4.79 Å². The lowest BCUT2D eigenvalue weighted by molar-refractivity contribution is 0.194. The van der Waals surface area contributed by atoms with E-state index in [4.69, 9.17) is 23.2 Å². The number of urea groups is 1. The van der Waals surface area contributed by atoms with Crippen molar-refractivity contribution in [3.8, 4) is 0 Å². The Bertz CT molecular complexity index is 505. The summed E-state index contributed by atoms with van der Waals surface area (Å²) in [5.74, 6) is 0.689. The van der Waals surface area contributed by atoms with Gasteiger partial charge in [-0.25, -0.2) is 14.8 Å². The number of anilines is 1. The van der Waals surface area contributed by atoms with E-state index in [9.17, 15) is 4.79 Å². The summed E-state index contributed by atoms with van der Waals surface area (Å²) in [5.41, 5.74) is 0. The zero-order chi connectivity index (χ0) is 15.6. The van der Waals surface area contributed by atoms with Crippen LogP contribution in [0.1, 0.15) is 20.3 Å². The van der Waals surface area contributed by atoms with Crippen LogP contribution in [0.15, 0.2) is 6.07 Å². The van der Waals surface area contributed by atoms with E-state index in [-0.39, 0.29) is 23.4 Å². The number of hydrogen-bond acceptors (Lipinski definition) is 4. The van der Waals surface area contributed by atoms with Crippen molar-refractivity contribution in [1.82, 2.24) is 20.2 Å². The van der Waals surface area contributed by atoms with E-state index in [1.807, 2.05) is 18.7 Å². The van der Waals surface area contributed by atoms with Crippen LogP contribution in [0.2, 0.25) is 10.4 Å². The van der Waals surface area contributed by atoms with E-state index in [1.54, 1.807) is 18.0 Å². The average Bonchev–Trinajstić information content (AvgIpc) is 2.85. The Morgan fingerprint density at radius 2 is 2.19 bits per heavy atom. The van der Waals surface area contributed by atoms with Crippen molar-refractivity contribution in [3.63, 3.8) is 0 Å². The molecule has 1 aliphatic rings. The number of nitrogens with zero attached hydrogens (tertiary/aromatic N) is 4. The first-order valence-corrected chi connectivity index (χ1v) is 7.60. The van der Waals surface area contributed by atoms with Gasteiger partial charge in [-0.05, 0) is 31.9 Å². The van der Waals surface area contributed by atoms with E-state index in [2.05, 4.69) is 15.3 Å². The third-order valence-corrected chi connectivity index (χ3v) is 3.95. The predicted octanol–water partition coefficient (Wildman–Crippen LogP) is 2.41. The summed E-state index contributed by atoms with van der Waals surface area (Å²) >= 11 is 11.7. The van der Waals surface area contributed by atoms with Crippen LogP contribution in [0.3, 0.4) is 0 Å². The molecule has 2 heterocycles. The van der Waals surface area contributed by atoms with E-state index in [1.165, 1.54) is 0 Å². The van der Waals surface area contributed by atoms with Crippen LogP contribution < -0.4 is 10.2 Å². The van der Waals surface area contributed by atoms with Crippen molar-refractivity contribution >= 4 is 35.1 Å². The molecule has 116 valence electrons. The molecule has 0 saturated carbocycles. The van der Waals surface area contributed by atoms with Crippen LogP contribution in [-0.2, 0) is 0 Å². The van der Waals surface area contributed by atoms with Gasteiger partial charge in [0, 0.05) is 38.3 Å². The van der Waals surface area contributed by atoms with Gasteiger partial charge in [-0.15, -0.1) is 0 Å². The molecule has 8 heteroatoms. The van der Waals surface area contributed by atoms with Crippen LogP contribution in [-0.4, -0.2) is 53.1 Å². The highest BCUT2D eigenvalue weighted by molar-refractivity contribution is 6.32. The van der Waals surface area contributed by atoms with Gasteiger partial charge in [0.2, 0.25) is 5.28 Å². The molecule has 1 aliphatic heterocycles. The van der Waals surface area contributed by atoms with Gasteiger partial charge in [0.05, 0.1) is 0 Å². The second kappa shape index (κ2) is 6.66. The topological polar surface area (TPSA) is 61.4 Å². The molecule has 0 spiro atoms. The number of aromatic nitrogens is 2. The maximum atomic E-state index is 12.0. The second-order valence-corrected chi connectivity index (χ2v) is 6.13. The first-order chi connectivity index (χ1) is 9.86. The van der Waals surface area contributed by atoms with Gasteiger partial charge in [-0.2, -0.15) is 0 Å². The summed E-state index contributed by atoms with van der Waals surface area (Å²) in [7, 11) is 1.79. The highest BCUT2D eigenvalue weighted by Gasteiger charge is 2.26. The molecular formula is C13H19Cl2N5O. The third kappa shape index (κ3) is 4.11. The van der Waals surface area contributed by atoms with Gasteiger partial charge in [0.25, 0.3) is 0 Å². The van der Waals surface area contributed by atoms with Gasteiger partial charge >= 0.3 is 6.03 Å². The minimum atomic E-state index is -0.0596. The fraction of sp³-hybridized carbons (Fsp3) is 0.615. The summed E-state index contributed by atoms with van der Waals surface area (Å²) < 4.78 is 0. The molecule has 0 bridgehead atoms. The predicted molar refractivity (Wildman–Crippen MR) is 84.1 cm³/mol. The van der Waals surface area contributed by atoms with Crippen LogP contribution >= 0.6 is 23.2 Å². The summed E-state index contributed by atoms with van der Waals surface area (Å²) in [6.07, 6.45) is 0.858. The normalized spacial score (nSPS) is 18.2.